The van der Waals surface area contributed by atoms with E-state index in [0.717, 1.165) is 36.6 Å². The lowest BCUT2D eigenvalue weighted by Gasteiger charge is -2.35. The standard InChI is InChI=1S/C20H29ClN2O.ClH/c1-13-11-17(13)20(14-5-7-15(21)8-6-14)23-18-4-2-3-16(18)19-12-24-10-9-22-19;/h5-8,13,16-20,22-23H,2-4,9-12H2,1H3;1H. The first-order chi connectivity index (χ1) is 11.7. The van der Waals surface area contributed by atoms with Gasteiger partial charge in [-0.15, -0.1) is 12.4 Å². The Bertz CT molecular complexity index is 547. The minimum absolute atomic E-state index is 0. The highest BCUT2D eigenvalue weighted by atomic mass is 35.5. The van der Waals surface area contributed by atoms with Gasteiger partial charge in [0.2, 0.25) is 0 Å². The van der Waals surface area contributed by atoms with E-state index in [0.29, 0.717) is 24.0 Å². The minimum Gasteiger partial charge on any atom is -0.379 e. The summed E-state index contributed by atoms with van der Waals surface area (Å²) in [5.41, 5.74) is 1.40. The Hall–Kier alpha value is -0.320. The van der Waals surface area contributed by atoms with Crippen molar-refractivity contribution in [3.05, 3.63) is 34.9 Å². The Labute approximate surface area is 162 Å². The first kappa shape index (κ1) is 19.4. The quantitative estimate of drug-likeness (QED) is 0.797. The first-order valence-corrected chi connectivity index (χ1v) is 9.93. The van der Waals surface area contributed by atoms with E-state index in [2.05, 4.69) is 29.7 Å². The number of morpholine rings is 1. The summed E-state index contributed by atoms with van der Waals surface area (Å²) in [6, 6.07) is 10.0. The van der Waals surface area contributed by atoms with Gasteiger partial charge in [0, 0.05) is 29.7 Å². The average molecular weight is 385 g/mol. The molecule has 1 heterocycles. The van der Waals surface area contributed by atoms with Gasteiger partial charge in [0.05, 0.1) is 13.2 Å². The molecule has 1 aromatic carbocycles. The zero-order valence-corrected chi connectivity index (χ0v) is 16.5. The van der Waals surface area contributed by atoms with Crippen LogP contribution in [0.1, 0.15) is 44.2 Å². The van der Waals surface area contributed by atoms with E-state index in [1.807, 2.05) is 12.1 Å². The molecule has 0 aromatic heterocycles. The summed E-state index contributed by atoms with van der Waals surface area (Å²) in [6.07, 6.45) is 5.26. The van der Waals surface area contributed by atoms with E-state index >= 15 is 0 Å². The van der Waals surface area contributed by atoms with Gasteiger partial charge in [-0.3, -0.25) is 0 Å². The van der Waals surface area contributed by atoms with Crippen LogP contribution in [0, 0.1) is 17.8 Å². The summed E-state index contributed by atoms with van der Waals surface area (Å²) in [5, 5.41) is 8.56. The molecule has 1 aliphatic heterocycles. The van der Waals surface area contributed by atoms with Crippen LogP contribution in [0.5, 0.6) is 0 Å². The van der Waals surface area contributed by atoms with Crippen molar-refractivity contribution in [1.82, 2.24) is 10.6 Å². The van der Waals surface area contributed by atoms with E-state index < -0.39 is 0 Å². The fourth-order valence-corrected chi connectivity index (χ4v) is 4.85. The maximum absolute atomic E-state index is 6.09. The van der Waals surface area contributed by atoms with E-state index in [4.69, 9.17) is 16.3 Å². The lowest BCUT2D eigenvalue weighted by Crippen LogP contribution is -2.51. The number of hydrogen-bond donors (Lipinski definition) is 2. The molecule has 1 aromatic rings. The van der Waals surface area contributed by atoms with Crippen LogP contribution >= 0.6 is 24.0 Å². The molecule has 4 rings (SSSR count). The first-order valence-electron chi connectivity index (χ1n) is 9.55. The van der Waals surface area contributed by atoms with Crippen molar-refractivity contribution >= 4 is 24.0 Å². The molecule has 0 amide bonds. The topological polar surface area (TPSA) is 33.3 Å². The van der Waals surface area contributed by atoms with Crippen LogP contribution in [-0.4, -0.2) is 31.8 Å². The number of ether oxygens (including phenoxy) is 1. The van der Waals surface area contributed by atoms with Gasteiger partial charge in [-0.1, -0.05) is 37.1 Å². The molecule has 2 aliphatic carbocycles. The van der Waals surface area contributed by atoms with Crippen LogP contribution in [0.4, 0.5) is 0 Å². The number of benzene rings is 1. The van der Waals surface area contributed by atoms with Gasteiger partial charge in [0.25, 0.3) is 0 Å². The molecule has 3 fully saturated rings. The van der Waals surface area contributed by atoms with Crippen molar-refractivity contribution in [3.8, 4) is 0 Å². The second kappa shape index (κ2) is 8.58. The van der Waals surface area contributed by atoms with Crippen molar-refractivity contribution in [2.75, 3.05) is 19.8 Å². The molecular formula is C20H30Cl2N2O. The summed E-state index contributed by atoms with van der Waals surface area (Å²) in [7, 11) is 0. The second-order valence-corrected chi connectivity index (χ2v) is 8.35. The molecule has 140 valence electrons. The number of nitrogens with one attached hydrogen (secondary N) is 2. The van der Waals surface area contributed by atoms with Crippen LogP contribution in [0.15, 0.2) is 24.3 Å². The Morgan fingerprint density at radius 1 is 1.24 bits per heavy atom. The van der Waals surface area contributed by atoms with Gasteiger partial charge in [0.15, 0.2) is 0 Å². The van der Waals surface area contributed by atoms with Crippen molar-refractivity contribution in [1.29, 1.82) is 0 Å². The summed E-state index contributed by atoms with van der Waals surface area (Å²) in [5.74, 6) is 2.28. The second-order valence-electron chi connectivity index (χ2n) is 7.91. The zero-order chi connectivity index (χ0) is 16.5. The van der Waals surface area contributed by atoms with Gasteiger partial charge in [0.1, 0.15) is 0 Å². The fraction of sp³-hybridized carbons (Fsp3) is 0.700. The third-order valence-corrected chi connectivity index (χ3v) is 6.51. The molecule has 2 N–H and O–H groups in total. The summed E-state index contributed by atoms with van der Waals surface area (Å²) in [6.45, 7) is 5.09. The van der Waals surface area contributed by atoms with E-state index in [9.17, 15) is 0 Å². The molecule has 6 unspecified atom stereocenters. The highest BCUT2D eigenvalue weighted by Gasteiger charge is 2.43. The molecule has 0 bridgehead atoms. The van der Waals surface area contributed by atoms with E-state index in [1.54, 1.807) is 0 Å². The highest BCUT2D eigenvalue weighted by Crippen LogP contribution is 2.48. The van der Waals surface area contributed by atoms with Crippen molar-refractivity contribution < 1.29 is 4.74 Å². The zero-order valence-electron chi connectivity index (χ0n) is 14.9. The molecule has 2 saturated carbocycles. The maximum Gasteiger partial charge on any atom is 0.0623 e. The van der Waals surface area contributed by atoms with E-state index in [-0.39, 0.29) is 12.4 Å². The molecule has 5 heteroatoms. The Kier molecular flexibility index (Phi) is 6.67. The van der Waals surface area contributed by atoms with Crippen LogP contribution in [0.25, 0.3) is 0 Å². The van der Waals surface area contributed by atoms with Crippen LogP contribution < -0.4 is 10.6 Å². The summed E-state index contributed by atoms with van der Waals surface area (Å²) in [4.78, 5) is 0. The van der Waals surface area contributed by atoms with Crippen LogP contribution in [0.2, 0.25) is 5.02 Å². The van der Waals surface area contributed by atoms with Crippen molar-refractivity contribution in [2.45, 2.75) is 50.7 Å². The minimum atomic E-state index is 0. The van der Waals surface area contributed by atoms with Crippen molar-refractivity contribution in [3.63, 3.8) is 0 Å². The van der Waals surface area contributed by atoms with E-state index in [1.165, 1.54) is 31.2 Å². The molecule has 0 radical (unpaired) electrons. The van der Waals surface area contributed by atoms with Gasteiger partial charge in [-0.05, 0) is 54.7 Å². The lowest BCUT2D eigenvalue weighted by molar-refractivity contribution is 0.0513. The predicted molar refractivity (Wildman–Crippen MR) is 106 cm³/mol. The summed E-state index contributed by atoms with van der Waals surface area (Å²) < 4.78 is 5.72. The normalized spacial score (nSPS) is 35.8. The molecule has 3 nitrogen and oxygen atoms in total. The largest absolute Gasteiger partial charge is 0.379 e. The molecule has 1 saturated heterocycles. The average Bonchev–Trinajstić information content (AvgIpc) is 3.15. The maximum atomic E-state index is 6.09. The lowest BCUT2D eigenvalue weighted by atomic mass is 9.91. The molecular weight excluding hydrogens is 355 g/mol. The molecule has 0 spiro atoms. The Morgan fingerprint density at radius 2 is 2.00 bits per heavy atom. The Balaban J connectivity index is 0.00000182. The molecule has 25 heavy (non-hydrogen) atoms. The third kappa shape index (κ3) is 4.51. The van der Waals surface area contributed by atoms with Gasteiger partial charge in [-0.25, -0.2) is 0 Å². The van der Waals surface area contributed by atoms with Crippen molar-refractivity contribution in [2.24, 2.45) is 17.8 Å². The number of halogens is 2. The van der Waals surface area contributed by atoms with Crippen LogP contribution in [0.3, 0.4) is 0 Å². The number of rotatable bonds is 5. The number of hydrogen-bond acceptors (Lipinski definition) is 3. The third-order valence-electron chi connectivity index (χ3n) is 6.26. The smallest absolute Gasteiger partial charge is 0.0623 e. The highest BCUT2D eigenvalue weighted by molar-refractivity contribution is 6.30. The van der Waals surface area contributed by atoms with Gasteiger partial charge in [-0.2, -0.15) is 0 Å². The predicted octanol–water partition coefficient (Wildman–Crippen LogP) is 4.21. The van der Waals surface area contributed by atoms with Crippen LogP contribution in [-0.2, 0) is 4.74 Å². The van der Waals surface area contributed by atoms with Gasteiger partial charge >= 0.3 is 0 Å². The Morgan fingerprint density at radius 3 is 2.64 bits per heavy atom. The SMILES string of the molecule is CC1CC1C(NC1CCCC1C1COCCN1)c1ccc(Cl)cc1.Cl. The fourth-order valence-electron chi connectivity index (χ4n) is 4.72. The molecule has 3 aliphatic rings. The monoisotopic (exact) mass is 384 g/mol. The molecule has 6 atom stereocenters. The summed E-state index contributed by atoms with van der Waals surface area (Å²) >= 11 is 6.09. The van der Waals surface area contributed by atoms with Gasteiger partial charge < -0.3 is 15.4 Å².